The highest BCUT2D eigenvalue weighted by atomic mass is 16.4. The molecule has 0 amide bonds. The molecule has 0 spiro atoms. The SMILES string of the molecule is CCN(C(C)C)C(C)C.O=C(O)c1ccc(CN2C3=CC4C(=O)c5ccccc5NC4C=C3C(=O)C3C=CC=CC32)cc1. The zero-order valence-corrected chi connectivity index (χ0v) is 25.5. The van der Waals surface area contributed by atoms with E-state index in [-0.39, 0.29) is 35.1 Å². The molecule has 2 aromatic rings. The number of hydrogen-bond acceptors (Lipinski definition) is 6. The van der Waals surface area contributed by atoms with Gasteiger partial charge in [-0.15, -0.1) is 0 Å². The second-order valence-electron chi connectivity index (χ2n) is 12.0. The van der Waals surface area contributed by atoms with Crippen molar-refractivity contribution in [1.82, 2.24) is 9.80 Å². The molecule has 0 aromatic heterocycles. The molecule has 2 aliphatic heterocycles. The topological polar surface area (TPSA) is 90.0 Å². The van der Waals surface area contributed by atoms with Gasteiger partial charge < -0.3 is 15.3 Å². The van der Waals surface area contributed by atoms with Crippen molar-refractivity contribution in [2.75, 3.05) is 11.9 Å². The number of hydrogen-bond donors (Lipinski definition) is 2. The molecule has 4 atom stereocenters. The van der Waals surface area contributed by atoms with Crippen LogP contribution >= 0.6 is 0 Å². The lowest BCUT2D eigenvalue weighted by Gasteiger charge is -2.46. The molecule has 2 heterocycles. The number of anilines is 1. The molecule has 2 N–H and O–H groups in total. The van der Waals surface area contributed by atoms with Crippen LogP contribution in [0, 0.1) is 11.8 Å². The first-order valence-electron chi connectivity index (χ1n) is 15.2. The normalized spacial score (nSPS) is 23.4. The molecular weight excluding hydrogens is 538 g/mol. The monoisotopic (exact) mass is 579 g/mol. The summed E-state index contributed by atoms with van der Waals surface area (Å²) in [5.74, 6) is -1.58. The molecule has 0 saturated carbocycles. The van der Waals surface area contributed by atoms with Gasteiger partial charge in [-0.05, 0) is 76.2 Å². The summed E-state index contributed by atoms with van der Waals surface area (Å²) in [6.07, 6.45) is 11.7. The number of carbonyl (C=O) groups excluding carboxylic acids is 2. The fraction of sp³-hybridized carbons (Fsp3) is 0.361. The van der Waals surface area contributed by atoms with Gasteiger partial charge in [0.1, 0.15) is 0 Å². The van der Waals surface area contributed by atoms with Crippen molar-refractivity contribution in [3.8, 4) is 0 Å². The van der Waals surface area contributed by atoms with Crippen LogP contribution in [-0.2, 0) is 11.3 Å². The number of carbonyl (C=O) groups is 3. The van der Waals surface area contributed by atoms with Crippen molar-refractivity contribution in [2.24, 2.45) is 11.8 Å². The van der Waals surface area contributed by atoms with Gasteiger partial charge in [0.05, 0.1) is 29.5 Å². The Labute approximate surface area is 254 Å². The molecule has 7 heteroatoms. The van der Waals surface area contributed by atoms with Crippen molar-refractivity contribution in [3.05, 3.63) is 113 Å². The Morgan fingerprint density at radius 2 is 1.58 bits per heavy atom. The zero-order valence-electron chi connectivity index (χ0n) is 25.5. The van der Waals surface area contributed by atoms with Crippen molar-refractivity contribution in [3.63, 3.8) is 0 Å². The van der Waals surface area contributed by atoms with Crippen molar-refractivity contribution < 1.29 is 19.5 Å². The summed E-state index contributed by atoms with van der Waals surface area (Å²) in [6.45, 7) is 12.8. The summed E-state index contributed by atoms with van der Waals surface area (Å²) in [5, 5.41) is 12.7. The smallest absolute Gasteiger partial charge is 0.335 e. The molecule has 7 nitrogen and oxygen atoms in total. The van der Waals surface area contributed by atoms with E-state index >= 15 is 0 Å². The molecule has 2 aliphatic carbocycles. The molecule has 224 valence electrons. The number of benzene rings is 2. The highest BCUT2D eigenvalue weighted by Crippen LogP contribution is 2.42. The summed E-state index contributed by atoms with van der Waals surface area (Å²) in [5.41, 5.74) is 4.01. The lowest BCUT2D eigenvalue weighted by molar-refractivity contribution is -0.120. The van der Waals surface area contributed by atoms with Crippen LogP contribution in [0.1, 0.15) is 60.9 Å². The maximum atomic E-state index is 13.5. The highest BCUT2D eigenvalue weighted by Gasteiger charge is 2.45. The third-order valence-electron chi connectivity index (χ3n) is 8.75. The largest absolute Gasteiger partial charge is 0.478 e. The van der Waals surface area contributed by atoms with Gasteiger partial charge in [-0.1, -0.05) is 55.5 Å². The van der Waals surface area contributed by atoms with Crippen LogP contribution in [-0.4, -0.2) is 63.2 Å². The van der Waals surface area contributed by atoms with Gasteiger partial charge in [0.2, 0.25) is 0 Å². The number of fused-ring (bicyclic) bond motifs is 4. The highest BCUT2D eigenvalue weighted by molar-refractivity contribution is 6.09. The number of nitrogens with zero attached hydrogens (tertiary/aromatic N) is 2. The van der Waals surface area contributed by atoms with Crippen molar-refractivity contribution in [2.45, 2.75) is 65.3 Å². The molecule has 0 bridgehead atoms. The Morgan fingerprint density at radius 3 is 2.21 bits per heavy atom. The Kier molecular flexibility index (Phi) is 8.83. The van der Waals surface area contributed by atoms with Crippen LogP contribution in [0.15, 0.2) is 96.3 Å². The molecule has 1 saturated heterocycles. The average molecular weight is 580 g/mol. The Bertz CT molecular complexity index is 1510. The summed E-state index contributed by atoms with van der Waals surface area (Å²) in [4.78, 5) is 42.7. The fourth-order valence-electron chi connectivity index (χ4n) is 6.69. The predicted molar refractivity (Wildman–Crippen MR) is 170 cm³/mol. The number of allylic oxidation sites excluding steroid dienone is 3. The predicted octanol–water partition coefficient (Wildman–Crippen LogP) is 6.12. The minimum atomic E-state index is -0.967. The van der Waals surface area contributed by atoms with Crippen LogP contribution in [0.3, 0.4) is 0 Å². The number of carboxylic acids is 1. The Morgan fingerprint density at radius 1 is 0.907 bits per heavy atom. The standard InChI is InChI=1S/C28H22N2O4.C8H19N/c31-26-18-5-1-3-7-22(18)29-23-13-21-25(14-20(23)26)30(24-8-4-2-6-19(24)27(21)32)15-16-9-11-17(12-10-16)28(33)34;1-6-9(7(2)3)8(4)5/h1-14,19-20,23-24,29H,15H2,(H,33,34);7-8H,6H2,1-5H3. The van der Waals surface area contributed by atoms with Gasteiger partial charge in [0.25, 0.3) is 0 Å². The van der Waals surface area contributed by atoms with E-state index in [1.54, 1.807) is 24.3 Å². The first-order chi connectivity index (χ1) is 20.6. The van der Waals surface area contributed by atoms with E-state index < -0.39 is 11.9 Å². The van der Waals surface area contributed by atoms with Crippen LogP contribution in [0.4, 0.5) is 5.69 Å². The van der Waals surface area contributed by atoms with Gasteiger partial charge in [-0.25, -0.2) is 4.79 Å². The molecule has 0 radical (unpaired) electrons. The van der Waals surface area contributed by atoms with Crippen LogP contribution < -0.4 is 5.32 Å². The minimum absolute atomic E-state index is 0.0431. The molecule has 1 fully saturated rings. The van der Waals surface area contributed by atoms with Gasteiger partial charge in [0.15, 0.2) is 11.6 Å². The van der Waals surface area contributed by atoms with Gasteiger partial charge in [-0.2, -0.15) is 0 Å². The molecule has 4 unspecified atom stereocenters. The van der Waals surface area contributed by atoms with E-state index in [4.69, 9.17) is 0 Å². The molecule has 43 heavy (non-hydrogen) atoms. The van der Waals surface area contributed by atoms with Crippen molar-refractivity contribution >= 4 is 23.2 Å². The third-order valence-corrected chi connectivity index (χ3v) is 8.75. The zero-order chi connectivity index (χ0) is 30.8. The van der Waals surface area contributed by atoms with Crippen molar-refractivity contribution in [1.29, 1.82) is 0 Å². The van der Waals surface area contributed by atoms with E-state index in [9.17, 15) is 19.5 Å². The maximum Gasteiger partial charge on any atom is 0.335 e. The summed E-state index contributed by atoms with van der Waals surface area (Å²) in [6, 6.07) is 15.2. The summed E-state index contributed by atoms with van der Waals surface area (Å²) >= 11 is 0. The number of carboxylic acid groups (broad SMARTS) is 1. The first-order valence-corrected chi connectivity index (χ1v) is 15.2. The second kappa shape index (κ2) is 12.6. The fourth-order valence-corrected chi connectivity index (χ4v) is 6.69. The van der Waals surface area contributed by atoms with Gasteiger partial charge in [0, 0.05) is 41.1 Å². The lowest BCUT2D eigenvalue weighted by Crippen LogP contribution is -2.51. The maximum absolute atomic E-state index is 13.5. The number of Topliss-reactive ketones (excluding diaryl/α,β-unsaturated/α-hetero) is 2. The van der Waals surface area contributed by atoms with Gasteiger partial charge in [-0.3, -0.25) is 14.5 Å². The minimum Gasteiger partial charge on any atom is -0.478 e. The number of piperidine rings is 1. The summed E-state index contributed by atoms with van der Waals surface area (Å²) < 4.78 is 0. The molecule has 2 aromatic carbocycles. The summed E-state index contributed by atoms with van der Waals surface area (Å²) in [7, 11) is 0. The van der Waals surface area contributed by atoms with Crippen LogP contribution in [0.2, 0.25) is 0 Å². The van der Waals surface area contributed by atoms with Crippen LogP contribution in [0.25, 0.3) is 0 Å². The number of likely N-dealkylation sites (tertiary alicyclic amines) is 1. The molecular formula is C36H41N3O4. The lowest BCUT2D eigenvalue weighted by atomic mass is 9.74. The van der Waals surface area contributed by atoms with E-state index in [1.165, 1.54) is 0 Å². The number of para-hydroxylation sites is 1. The molecule has 6 rings (SSSR count). The van der Waals surface area contributed by atoms with Gasteiger partial charge >= 0.3 is 5.97 Å². The third kappa shape index (κ3) is 6.00. The quantitative estimate of drug-likeness (QED) is 0.426. The first kappa shape index (κ1) is 30.2. The van der Waals surface area contributed by atoms with E-state index in [0.717, 1.165) is 23.5 Å². The Balaban J connectivity index is 0.000000358. The van der Waals surface area contributed by atoms with Crippen LogP contribution in [0.5, 0.6) is 0 Å². The number of nitrogens with one attached hydrogen (secondary N) is 1. The average Bonchev–Trinajstić information content (AvgIpc) is 2.99. The Hall–Kier alpha value is -4.23. The number of aromatic carboxylic acids is 1. The van der Waals surface area contributed by atoms with E-state index in [2.05, 4.69) is 49.7 Å². The van der Waals surface area contributed by atoms with E-state index in [1.807, 2.05) is 60.7 Å². The number of rotatable bonds is 6. The van der Waals surface area contributed by atoms with E-state index in [0.29, 0.717) is 29.8 Å². The number of ketones is 2. The molecule has 4 aliphatic rings. The second-order valence-corrected chi connectivity index (χ2v) is 12.0.